The van der Waals surface area contributed by atoms with E-state index in [4.69, 9.17) is 14.2 Å². The maximum Gasteiger partial charge on any atom is 0.288 e. The highest BCUT2D eigenvalue weighted by atomic mass is 16.9. The van der Waals surface area contributed by atoms with Gasteiger partial charge in [0.2, 0.25) is 0 Å². The first-order valence-corrected chi connectivity index (χ1v) is 14.3. The zero-order valence-electron chi connectivity index (χ0n) is 24.5. The van der Waals surface area contributed by atoms with Gasteiger partial charge in [-0.1, -0.05) is 132 Å². The number of ether oxygens (including phenoxy) is 3. The monoisotopic (exact) mass is 470 g/mol. The molecule has 0 aromatic carbocycles. The topological polar surface area (TPSA) is 27.7 Å². The zero-order valence-corrected chi connectivity index (χ0v) is 24.5. The summed E-state index contributed by atoms with van der Waals surface area (Å²) in [5.41, 5.74) is -0.133. The van der Waals surface area contributed by atoms with Crippen LogP contribution in [0, 0.1) is 16.2 Å². The van der Waals surface area contributed by atoms with Crippen molar-refractivity contribution in [2.75, 3.05) is 21.3 Å². The molecule has 3 heteroatoms. The van der Waals surface area contributed by atoms with Crippen LogP contribution in [0.3, 0.4) is 0 Å². The van der Waals surface area contributed by atoms with Gasteiger partial charge in [0.25, 0.3) is 5.97 Å². The molecule has 3 nitrogen and oxygen atoms in total. The number of unbranched alkanes of at least 4 members (excludes halogenated alkanes) is 10. The predicted molar refractivity (Wildman–Crippen MR) is 145 cm³/mol. The van der Waals surface area contributed by atoms with Crippen LogP contribution in [-0.4, -0.2) is 27.3 Å². The Hall–Kier alpha value is -0.120. The molecule has 1 unspecified atom stereocenters. The quantitative estimate of drug-likeness (QED) is 0.116. The van der Waals surface area contributed by atoms with Crippen LogP contribution in [0.2, 0.25) is 0 Å². The first-order chi connectivity index (χ1) is 15.6. The van der Waals surface area contributed by atoms with E-state index in [2.05, 4.69) is 48.5 Å². The van der Waals surface area contributed by atoms with Crippen LogP contribution in [0.5, 0.6) is 0 Å². The van der Waals surface area contributed by atoms with E-state index in [0.717, 1.165) is 19.3 Å². The molecule has 0 fully saturated rings. The second-order valence-electron chi connectivity index (χ2n) is 11.5. The van der Waals surface area contributed by atoms with E-state index >= 15 is 0 Å². The molecule has 0 radical (unpaired) electrons. The van der Waals surface area contributed by atoms with Crippen LogP contribution in [0.15, 0.2) is 0 Å². The number of hydrogen-bond acceptors (Lipinski definition) is 3. The fourth-order valence-corrected chi connectivity index (χ4v) is 6.22. The van der Waals surface area contributed by atoms with E-state index < -0.39 is 5.97 Å². The van der Waals surface area contributed by atoms with Gasteiger partial charge in [0.05, 0.1) is 5.41 Å². The van der Waals surface area contributed by atoms with Crippen molar-refractivity contribution in [2.45, 2.75) is 157 Å². The smallest absolute Gasteiger partial charge is 0.288 e. The molecule has 0 amide bonds. The van der Waals surface area contributed by atoms with Crippen molar-refractivity contribution in [1.82, 2.24) is 0 Å². The third kappa shape index (κ3) is 8.50. The summed E-state index contributed by atoms with van der Waals surface area (Å²) >= 11 is 0. The highest BCUT2D eigenvalue weighted by Crippen LogP contribution is 2.63. The zero-order chi connectivity index (χ0) is 25.4. The Morgan fingerprint density at radius 1 is 0.455 bits per heavy atom. The summed E-state index contributed by atoms with van der Waals surface area (Å²) in [7, 11) is 5.28. The fourth-order valence-electron chi connectivity index (χ4n) is 6.22. The van der Waals surface area contributed by atoms with Crippen molar-refractivity contribution >= 4 is 0 Å². The third-order valence-corrected chi connectivity index (χ3v) is 9.07. The lowest BCUT2D eigenvalue weighted by Gasteiger charge is -2.61. The van der Waals surface area contributed by atoms with Crippen molar-refractivity contribution < 1.29 is 14.2 Å². The Morgan fingerprint density at radius 2 is 0.848 bits per heavy atom. The molecule has 0 aliphatic rings. The largest absolute Gasteiger partial charge is 0.330 e. The van der Waals surface area contributed by atoms with Crippen LogP contribution in [0.4, 0.5) is 0 Å². The predicted octanol–water partition coefficient (Wildman–Crippen LogP) is 9.92. The second kappa shape index (κ2) is 16.5. The van der Waals surface area contributed by atoms with E-state index in [0.29, 0.717) is 0 Å². The third-order valence-electron chi connectivity index (χ3n) is 9.07. The maximum atomic E-state index is 6.16. The molecular formula is C30H62O3. The molecule has 200 valence electrons. The molecule has 0 N–H and O–H groups in total. The van der Waals surface area contributed by atoms with Gasteiger partial charge in [0.1, 0.15) is 0 Å². The van der Waals surface area contributed by atoms with Crippen molar-refractivity contribution in [3.05, 3.63) is 0 Å². The second-order valence-corrected chi connectivity index (χ2v) is 11.5. The summed E-state index contributed by atoms with van der Waals surface area (Å²) in [6.07, 6.45) is 20.2. The summed E-state index contributed by atoms with van der Waals surface area (Å²) in [4.78, 5) is 0. The van der Waals surface area contributed by atoms with Gasteiger partial charge in [-0.05, 0) is 30.1 Å². The lowest BCUT2D eigenvalue weighted by atomic mass is 9.48. The minimum Gasteiger partial charge on any atom is -0.330 e. The van der Waals surface area contributed by atoms with Gasteiger partial charge in [-0.25, -0.2) is 0 Å². The van der Waals surface area contributed by atoms with E-state index in [1.54, 1.807) is 21.3 Å². The minimum absolute atomic E-state index is 0.0363. The molecule has 0 bridgehead atoms. The first kappa shape index (κ1) is 32.9. The SMILES string of the molecule is CCCCCCCCCCC(CCC)(C(OC)(OC)OC)C(C)(C)C(C)(C)CCCCCC. The van der Waals surface area contributed by atoms with Gasteiger partial charge in [0, 0.05) is 21.3 Å². The average molecular weight is 471 g/mol. The van der Waals surface area contributed by atoms with Crippen molar-refractivity contribution in [1.29, 1.82) is 0 Å². The van der Waals surface area contributed by atoms with E-state index in [1.165, 1.54) is 83.5 Å². The van der Waals surface area contributed by atoms with Gasteiger partial charge in [-0.15, -0.1) is 0 Å². The Morgan fingerprint density at radius 3 is 1.27 bits per heavy atom. The van der Waals surface area contributed by atoms with Gasteiger partial charge < -0.3 is 14.2 Å². The van der Waals surface area contributed by atoms with Crippen molar-refractivity contribution in [3.8, 4) is 0 Å². The van der Waals surface area contributed by atoms with Gasteiger partial charge >= 0.3 is 0 Å². The highest BCUT2D eigenvalue weighted by Gasteiger charge is 2.64. The molecule has 0 aromatic heterocycles. The Kier molecular flexibility index (Phi) is 16.5. The summed E-state index contributed by atoms with van der Waals surface area (Å²) < 4.78 is 18.5. The standard InChI is InChI=1S/C30H62O3/c1-11-14-16-18-19-20-21-23-26-29(24-13-3,30(31-8,32-9)33-10)28(6,7)27(4,5)25-22-17-15-12-2/h11-26H2,1-10H3. The molecule has 0 rings (SSSR count). The fraction of sp³-hybridized carbons (Fsp3) is 1.00. The molecule has 0 aromatic rings. The van der Waals surface area contributed by atoms with Crippen LogP contribution in [0.25, 0.3) is 0 Å². The average Bonchev–Trinajstić information content (AvgIpc) is 2.79. The molecule has 0 saturated carbocycles. The lowest BCUT2D eigenvalue weighted by Crippen LogP contribution is -2.63. The Labute approximate surface area is 209 Å². The number of hydrogen-bond donors (Lipinski definition) is 0. The van der Waals surface area contributed by atoms with Crippen molar-refractivity contribution in [2.24, 2.45) is 16.2 Å². The van der Waals surface area contributed by atoms with E-state index in [9.17, 15) is 0 Å². The first-order valence-electron chi connectivity index (χ1n) is 14.3. The molecule has 0 spiro atoms. The van der Waals surface area contributed by atoms with Crippen LogP contribution in [-0.2, 0) is 14.2 Å². The van der Waals surface area contributed by atoms with Crippen LogP contribution in [0.1, 0.15) is 151 Å². The van der Waals surface area contributed by atoms with Gasteiger partial charge in [0.15, 0.2) is 0 Å². The number of methoxy groups -OCH3 is 3. The molecule has 1 atom stereocenters. The summed E-state index contributed by atoms with van der Waals surface area (Å²) in [5.74, 6) is -1.03. The summed E-state index contributed by atoms with van der Waals surface area (Å²) in [5, 5.41) is 0. The molecule has 0 aliphatic heterocycles. The maximum absolute atomic E-state index is 6.16. The summed E-state index contributed by atoms with van der Waals surface area (Å²) in [6.45, 7) is 16.7. The van der Waals surface area contributed by atoms with Crippen molar-refractivity contribution in [3.63, 3.8) is 0 Å². The number of rotatable bonds is 22. The summed E-state index contributed by atoms with van der Waals surface area (Å²) in [6, 6.07) is 0. The minimum atomic E-state index is -1.03. The normalized spacial score (nSPS) is 15.1. The van der Waals surface area contributed by atoms with Crippen LogP contribution < -0.4 is 0 Å². The molecule has 0 heterocycles. The van der Waals surface area contributed by atoms with Gasteiger partial charge in [-0.2, -0.15) is 0 Å². The lowest BCUT2D eigenvalue weighted by molar-refractivity contribution is -0.434. The van der Waals surface area contributed by atoms with E-state index in [1.807, 2.05) is 0 Å². The highest BCUT2D eigenvalue weighted by molar-refractivity contribution is 5.05. The van der Waals surface area contributed by atoms with E-state index in [-0.39, 0.29) is 16.2 Å². The Balaban J connectivity index is 5.82. The molecule has 0 aliphatic carbocycles. The Bertz CT molecular complexity index is 459. The molecule has 33 heavy (non-hydrogen) atoms. The molecular weight excluding hydrogens is 408 g/mol. The van der Waals surface area contributed by atoms with Crippen LogP contribution >= 0.6 is 0 Å². The van der Waals surface area contributed by atoms with Gasteiger partial charge in [-0.3, -0.25) is 0 Å². The molecule has 0 saturated heterocycles.